The fourth-order valence-electron chi connectivity index (χ4n) is 1.41. The van der Waals surface area contributed by atoms with Crippen LogP contribution in [0.5, 0.6) is 5.75 Å². The van der Waals surface area contributed by atoms with Crippen molar-refractivity contribution in [3.8, 4) is 5.75 Å². The van der Waals surface area contributed by atoms with Crippen LogP contribution in [0.3, 0.4) is 0 Å². The van der Waals surface area contributed by atoms with Gasteiger partial charge in [-0.3, -0.25) is 9.89 Å². The maximum atomic E-state index is 11.8. The van der Waals surface area contributed by atoms with Crippen LogP contribution in [0.25, 0.3) is 0 Å². The molecule has 19 heavy (non-hydrogen) atoms. The number of carbonyl (C=O) groups is 2. The van der Waals surface area contributed by atoms with Crippen LogP contribution < -0.4 is 10.1 Å². The largest absolute Gasteiger partial charge is 0.480 e. The van der Waals surface area contributed by atoms with Gasteiger partial charge in [-0.05, 0) is 18.2 Å². The Morgan fingerprint density at radius 1 is 1.32 bits per heavy atom. The number of aromatic amines is 1. The first-order valence-electron chi connectivity index (χ1n) is 5.41. The summed E-state index contributed by atoms with van der Waals surface area (Å²) < 4.78 is 5.08. The number of para-hydroxylation sites is 2. The van der Waals surface area contributed by atoms with E-state index >= 15 is 0 Å². The molecule has 0 bridgehead atoms. The lowest BCUT2D eigenvalue weighted by molar-refractivity contribution is -0.139. The van der Waals surface area contributed by atoms with E-state index in [0.29, 0.717) is 11.4 Å². The summed E-state index contributed by atoms with van der Waals surface area (Å²) in [6.07, 6.45) is 1.46. The predicted octanol–water partition coefficient (Wildman–Crippen LogP) is 1.13. The van der Waals surface area contributed by atoms with Gasteiger partial charge in [0.15, 0.2) is 6.61 Å². The number of nitrogens with zero attached hydrogens (tertiary/aromatic N) is 1. The lowest BCUT2D eigenvalue weighted by atomic mass is 10.3. The predicted molar refractivity (Wildman–Crippen MR) is 66.1 cm³/mol. The van der Waals surface area contributed by atoms with Gasteiger partial charge >= 0.3 is 5.97 Å². The molecule has 0 atom stereocenters. The Morgan fingerprint density at radius 3 is 2.79 bits per heavy atom. The minimum absolute atomic E-state index is 0.290. The maximum Gasteiger partial charge on any atom is 0.341 e. The van der Waals surface area contributed by atoms with E-state index < -0.39 is 12.6 Å². The molecule has 98 valence electrons. The fraction of sp³-hybridized carbons (Fsp3) is 0.0833. The van der Waals surface area contributed by atoms with Crippen LogP contribution in [-0.2, 0) is 4.79 Å². The second kappa shape index (κ2) is 5.67. The Kier molecular flexibility index (Phi) is 3.77. The Hall–Kier alpha value is -2.83. The highest BCUT2D eigenvalue weighted by Crippen LogP contribution is 2.24. The molecule has 0 saturated carbocycles. The molecule has 7 heteroatoms. The van der Waals surface area contributed by atoms with Crippen molar-refractivity contribution in [3.63, 3.8) is 0 Å². The van der Waals surface area contributed by atoms with Gasteiger partial charge in [0, 0.05) is 6.20 Å². The van der Waals surface area contributed by atoms with Gasteiger partial charge in [-0.1, -0.05) is 12.1 Å². The van der Waals surface area contributed by atoms with E-state index in [2.05, 4.69) is 15.5 Å². The summed E-state index contributed by atoms with van der Waals surface area (Å²) in [6, 6.07) is 8.10. The number of benzene rings is 1. The van der Waals surface area contributed by atoms with Crippen LogP contribution in [0, 0.1) is 0 Å². The van der Waals surface area contributed by atoms with Gasteiger partial charge in [0.2, 0.25) is 0 Å². The van der Waals surface area contributed by atoms with Gasteiger partial charge in [-0.25, -0.2) is 4.79 Å². The van der Waals surface area contributed by atoms with Gasteiger partial charge in [-0.15, -0.1) is 0 Å². The van der Waals surface area contributed by atoms with Gasteiger partial charge < -0.3 is 15.2 Å². The number of hydrogen-bond donors (Lipinski definition) is 3. The third-order valence-corrected chi connectivity index (χ3v) is 2.23. The highest BCUT2D eigenvalue weighted by Gasteiger charge is 2.11. The molecule has 3 N–H and O–H groups in total. The number of aromatic nitrogens is 2. The topological polar surface area (TPSA) is 104 Å². The second-order valence-corrected chi connectivity index (χ2v) is 3.60. The quantitative estimate of drug-likeness (QED) is 0.748. The van der Waals surface area contributed by atoms with E-state index in [0.717, 1.165) is 0 Å². The summed E-state index contributed by atoms with van der Waals surface area (Å²) in [5.74, 6) is -1.18. The molecule has 1 amide bonds. The number of rotatable bonds is 5. The van der Waals surface area contributed by atoms with Crippen LogP contribution in [0.1, 0.15) is 10.5 Å². The minimum atomic E-state index is -1.09. The Balaban J connectivity index is 2.11. The molecule has 0 radical (unpaired) electrons. The molecule has 0 saturated heterocycles. The van der Waals surface area contributed by atoms with Crippen LogP contribution in [0.4, 0.5) is 5.69 Å². The monoisotopic (exact) mass is 261 g/mol. The van der Waals surface area contributed by atoms with Crippen LogP contribution in [-0.4, -0.2) is 33.8 Å². The van der Waals surface area contributed by atoms with Crippen molar-refractivity contribution in [1.29, 1.82) is 0 Å². The number of carboxylic acids is 1. The SMILES string of the molecule is O=C(O)COc1ccccc1NC(=O)c1ccn[nH]1. The van der Waals surface area contributed by atoms with Crippen molar-refractivity contribution in [2.75, 3.05) is 11.9 Å². The number of carbonyl (C=O) groups excluding carboxylic acids is 1. The van der Waals surface area contributed by atoms with Crippen molar-refractivity contribution >= 4 is 17.6 Å². The number of carboxylic acid groups (broad SMARTS) is 1. The molecule has 1 aromatic heterocycles. The fourth-order valence-corrected chi connectivity index (χ4v) is 1.41. The molecule has 2 aromatic rings. The number of hydrogen-bond acceptors (Lipinski definition) is 4. The van der Waals surface area contributed by atoms with Crippen LogP contribution in [0.2, 0.25) is 0 Å². The second-order valence-electron chi connectivity index (χ2n) is 3.60. The lowest BCUT2D eigenvalue weighted by Crippen LogP contribution is -2.15. The minimum Gasteiger partial charge on any atom is -0.480 e. The molecule has 0 aliphatic carbocycles. The summed E-state index contributed by atoms with van der Waals surface area (Å²) in [7, 11) is 0. The number of aliphatic carboxylic acids is 1. The van der Waals surface area contributed by atoms with Gasteiger partial charge in [0.25, 0.3) is 5.91 Å². The average Bonchev–Trinajstić information content (AvgIpc) is 2.91. The summed E-state index contributed by atoms with van der Waals surface area (Å²) in [5, 5.41) is 17.4. The standard InChI is InChI=1S/C12H11N3O4/c16-11(17)7-19-10-4-2-1-3-8(10)14-12(18)9-5-6-13-15-9/h1-6H,7H2,(H,13,15)(H,14,18)(H,16,17). The zero-order valence-corrected chi connectivity index (χ0v) is 9.79. The summed E-state index contributed by atoms with van der Waals surface area (Å²) in [5.41, 5.74) is 0.691. The first-order chi connectivity index (χ1) is 9.16. The molecule has 0 aliphatic heterocycles. The average molecular weight is 261 g/mol. The highest BCUT2D eigenvalue weighted by molar-refractivity contribution is 6.03. The van der Waals surface area contributed by atoms with E-state index in [4.69, 9.17) is 9.84 Å². The number of H-pyrrole nitrogens is 1. The number of ether oxygens (including phenoxy) is 1. The summed E-state index contributed by atoms with van der Waals surface area (Å²) in [4.78, 5) is 22.3. The molecule has 1 aromatic carbocycles. The zero-order chi connectivity index (χ0) is 13.7. The Bertz CT molecular complexity index is 580. The van der Waals surface area contributed by atoms with Gasteiger partial charge in [-0.2, -0.15) is 5.10 Å². The maximum absolute atomic E-state index is 11.8. The molecule has 0 fully saturated rings. The molecule has 7 nitrogen and oxygen atoms in total. The zero-order valence-electron chi connectivity index (χ0n) is 9.79. The molecule has 0 spiro atoms. The van der Waals surface area contributed by atoms with Crippen molar-refractivity contribution < 1.29 is 19.4 Å². The van der Waals surface area contributed by atoms with Crippen LogP contribution in [0.15, 0.2) is 36.5 Å². The Labute approximate surface area is 108 Å². The third-order valence-electron chi connectivity index (χ3n) is 2.23. The Morgan fingerprint density at radius 2 is 2.11 bits per heavy atom. The van der Waals surface area contributed by atoms with Gasteiger partial charge in [0.1, 0.15) is 11.4 Å². The first kappa shape index (κ1) is 12.6. The molecular weight excluding hydrogens is 250 g/mol. The molecule has 0 unspecified atom stereocenters. The third kappa shape index (κ3) is 3.32. The smallest absolute Gasteiger partial charge is 0.341 e. The van der Waals surface area contributed by atoms with E-state index in [1.54, 1.807) is 24.3 Å². The van der Waals surface area contributed by atoms with E-state index in [1.807, 2.05) is 0 Å². The van der Waals surface area contributed by atoms with E-state index in [9.17, 15) is 9.59 Å². The van der Waals surface area contributed by atoms with Crippen molar-refractivity contribution in [3.05, 3.63) is 42.2 Å². The van der Waals surface area contributed by atoms with E-state index in [1.165, 1.54) is 12.3 Å². The van der Waals surface area contributed by atoms with Gasteiger partial charge in [0.05, 0.1) is 5.69 Å². The highest BCUT2D eigenvalue weighted by atomic mass is 16.5. The summed E-state index contributed by atoms with van der Waals surface area (Å²) in [6.45, 7) is -0.475. The molecule has 2 rings (SSSR count). The number of nitrogens with one attached hydrogen (secondary N) is 2. The number of anilines is 1. The van der Waals surface area contributed by atoms with Crippen LogP contribution >= 0.6 is 0 Å². The normalized spacial score (nSPS) is 9.89. The first-order valence-corrected chi connectivity index (χ1v) is 5.41. The van der Waals surface area contributed by atoms with E-state index in [-0.39, 0.29) is 11.7 Å². The van der Waals surface area contributed by atoms with Crippen molar-refractivity contribution in [1.82, 2.24) is 10.2 Å². The van der Waals surface area contributed by atoms with Crippen molar-refractivity contribution in [2.45, 2.75) is 0 Å². The molecule has 0 aliphatic rings. The molecule has 1 heterocycles. The lowest BCUT2D eigenvalue weighted by Gasteiger charge is -2.10. The van der Waals surface area contributed by atoms with Crippen molar-refractivity contribution in [2.24, 2.45) is 0 Å². The summed E-state index contributed by atoms with van der Waals surface area (Å²) >= 11 is 0. The molecular formula is C12H11N3O4. The number of amides is 1.